The number of nitrogens with one attached hydrogen (secondary N) is 2. The van der Waals surface area contributed by atoms with Gasteiger partial charge in [-0.25, -0.2) is 0 Å². The maximum absolute atomic E-state index is 12.0. The normalized spacial score (nSPS) is 18.4. The lowest BCUT2D eigenvalue weighted by Crippen LogP contribution is -2.59. The van der Waals surface area contributed by atoms with Gasteiger partial charge in [0.15, 0.2) is 0 Å². The van der Waals surface area contributed by atoms with E-state index in [4.69, 9.17) is 0 Å². The molecule has 1 aromatic carbocycles. The van der Waals surface area contributed by atoms with Gasteiger partial charge in [-0.3, -0.25) is 9.69 Å². The standard InChI is InChI=1S/C16H25N3OS/c1-16(2)13-17-8-10-19(16)12-15(20)18-9-11-21-14-6-4-3-5-7-14/h3-7,17H,8-13H2,1-2H3,(H,18,20). The summed E-state index contributed by atoms with van der Waals surface area (Å²) >= 11 is 1.77. The van der Waals surface area contributed by atoms with Crippen LogP contribution in [0.5, 0.6) is 0 Å². The highest BCUT2D eigenvalue weighted by Crippen LogP contribution is 2.16. The quantitative estimate of drug-likeness (QED) is 0.619. The summed E-state index contributed by atoms with van der Waals surface area (Å²) in [7, 11) is 0. The van der Waals surface area contributed by atoms with Crippen LogP contribution in [0.2, 0.25) is 0 Å². The first-order valence-electron chi connectivity index (χ1n) is 7.48. The van der Waals surface area contributed by atoms with Crippen LogP contribution in [-0.4, -0.2) is 54.8 Å². The second-order valence-corrected chi connectivity index (χ2v) is 7.09. The number of hydrogen-bond acceptors (Lipinski definition) is 4. The van der Waals surface area contributed by atoms with Gasteiger partial charge in [0.25, 0.3) is 0 Å². The van der Waals surface area contributed by atoms with Crippen molar-refractivity contribution in [3.05, 3.63) is 30.3 Å². The first-order chi connectivity index (χ1) is 10.1. The molecule has 0 aliphatic carbocycles. The van der Waals surface area contributed by atoms with Crippen LogP contribution >= 0.6 is 11.8 Å². The van der Waals surface area contributed by atoms with Crippen LogP contribution in [0.1, 0.15) is 13.8 Å². The number of thioether (sulfide) groups is 1. The van der Waals surface area contributed by atoms with Crippen molar-refractivity contribution < 1.29 is 4.79 Å². The van der Waals surface area contributed by atoms with Crippen molar-refractivity contribution in [1.29, 1.82) is 0 Å². The highest BCUT2D eigenvalue weighted by atomic mass is 32.2. The fraction of sp³-hybridized carbons (Fsp3) is 0.562. The van der Waals surface area contributed by atoms with Crippen molar-refractivity contribution in [3.63, 3.8) is 0 Å². The molecule has 0 unspecified atom stereocenters. The molecule has 21 heavy (non-hydrogen) atoms. The van der Waals surface area contributed by atoms with Gasteiger partial charge in [0.1, 0.15) is 0 Å². The molecule has 1 aliphatic rings. The Bertz CT molecular complexity index is 450. The molecule has 1 aliphatic heterocycles. The molecule has 0 atom stereocenters. The van der Waals surface area contributed by atoms with Gasteiger partial charge in [-0.15, -0.1) is 11.8 Å². The predicted molar refractivity (Wildman–Crippen MR) is 88.7 cm³/mol. The molecule has 1 fully saturated rings. The summed E-state index contributed by atoms with van der Waals surface area (Å²) in [6.07, 6.45) is 0. The van der Waals surface area contributed by atoms with E-state index < -0.39 is 0 Å². The van der Waals surface area contributed by atoms with E-state index >= 15 is 0 Å². The minimum Gasteiger partial charge on any atom is -0.354 e. The maximum atomic E-state index is 12.0. The van der Waals surface area contributed by atoms with Gasteiger partial charge in [0.2, 0.25) is 5.91 Å². The van der Waals surface area contributed by atoms with E-state index in [1.54, 1.807) is 11.8 Å². The Morgan fingerprint density at radius 1 is 1.38 bits per heavy atom. The lowest BCUT2D eigenvalue weighted by atomic mass is 10.0. The Hall–Kier alpha value is -1.04. The summed E-state index contributed by atoms with van der Waals surface area (Å²) in [5.41, 5.74) is 0.0500. The third kappa shape index (κ3) is 5.34. The van der Waals surface area contributed by atoms with Crippen LogP contribution in [0.3, 0.4) is 0 Å². The van der Waals surface area contributed by atoms with Crippen molar-refractivity contribution in [2.24, 2.45) is 0 Å². The van der Waals surface area contributed by atoms with Crippen molar-refractivity contribution >= 4 is 17.7 Å². The molecule has 0 aromatic heterocycles. The van der Waals surface area contributed by atoms with Crippen molar-refractivity contribution in [2.75, 3.05) is 38.5 Å². The monoisotopic (exact) mass is 307 g/mol. The zero-order valence-electron chi connectivity index (χ0n) is 12.9. The van der Waals surface area contributed by atoms with E-state index in [0.717, 1.165) is 25.4 Å². The highest BCUT2D eigenvalue weighted by molar-refractivity contribution is 7.99. The van der Waals surface area contributed by atoms with E-state index in [0.29, 0.717) is 13.1 Å². The first kappa shape index (κ1) is 16.3. The van der Waals surface area contributed by atoms with E-state index in [-0.39, 0.29) is 11.4 Å². The van der Waals surface area contributed by atoms with Crippen LogP contribution in [0, 0.1) is 0 Å². The average Bonchev–Trinajstić information content (AvgIpc) is 2.47. The Kier molecular flexibility index (Phi) is 6.08. The number of benzene rings is 1. The Balaban J connectivity index is 1.65. The van der Waals surface area contributed by atoms with E-state index in [1.165, 1.54) is 4.90 Å². The number of amides is 1. The molecule has 2 N–H and O–H groups in total. The van der Waals surface area contributed by atoms with Gasteiger partial charge in [0, 0.05) is 42.4 Å². The van der Waals surface area contributed by atoms with E-state index in [2.05, 4.69) is 41.5 Å². The van der Waals surface area contributed by atoms with Crippen LogP contribution < -0.4 is 10.6 Å². The van der Waals surface area contributed by atoms with Crippen molar-refractivity contribution in [2.45, 2.75) is 24.3 Å². The molecule has 2 rings (SSSR count). The number of carbonyl (C=O) groups is 1. The molecule has 0 saturated carbocycles. The number of hydrogen-bond donors (Lipinski definition) is 2. The fourth-order valence-corrected chi connectivity index (χ4v) is 3.21. The van der Waals surface area contributed by atoms with Crippen LogP contribution in [0.4, 0.5) is 0 Å². The van der Waals surface area contributed by atoms with Crippen LogP contribution in [0.25, 0.3) is 0 Å². The largest absolute Gasteiger partial charge is 0.354 e. The van der Waals surface area contributed by atoms with Gasteiger partial charge in [0.05, 0.1) is 6.54 Å². The van der Waals surface area contributed by atoms with Crippen LogP contribution in [-0.2, 0) is 4.79 Å². The Morgan fingerprint density at radius 3 is 2.86 bits per heavy atom. The molecular formula is C16H25N3OS. The van der Waals surface area contributed by atoms with Crippen molar-refractivity contribution in [1.82, 2.24) is 15.5 Å². The zero-order valence-corrected chi connectivity index (χ0v) is 13.7. The summed E-state index contributed by atoms with van der Waals surface area (Å²) in [6.45, 7) is 8.38. The molecule has 1 amide bonds. The lowest BCUT2D eigenvalue weighted by molar-refractivity contribution is -0.123. The van der Waals surface area contributed by atoms with Crippen molar-refractivity contribution in [3.8, 4) is 0 Å². The maximum Gasteiger partial charge on any atom is 0.234 e. The molecular weight excluding hydrogens is 282 g/mol. The Morgan fingerprint density at radius 2 is 2.14 bits per heavy atom. The second-order valence-electron chi connectivity index (χ2n) is 5.92. The van der Waals surface area contributed by atoms with Gasteiger partial charge in [-0.1, -0.05) is 18.2 Å². The molecule has 0 bridgehead atoms. The third-order valence-electron chi connectivity index (χ3n) is 3.74. The van der Waals surface area contributed by atoms with Gasteiger partial charge >= 0.3 is 0 Å². The van der Waals surface area contributed by atoms with Gasteiger partial charge in [-0.2, -0.15) is 0 Å². The van der Waals surface area contributed by atoms with E-state index in [9.17, 15) is 4.79 Å². The fourth-order valence-electron chi connectivity index (χ4n) is 2.42. The minimum absolute atomic E-state index is 0.0500. The molecule has 1 aromatic rings. The highest BCUT2D eigenvalue weighted by Gasteiger charge is 2.30. The lowest BCUT2D eigenvalue weighted by Gasteiger charge is -2.42. The minimum atomic E-state index is 0.0500. The number of carbonyl (C=O) groups excluding carboxylic acids is 1. The summed E-state index contributed by atoms with van der Waals surface area (Å²) in [4.78, 5) is 15.5. The number of piperazine rings is 1. The van der Waals surface area contributed by atoms with E-state index in [1.807, 2.05) is 18.2 Å². The molecule has 1 heterocycles. The average molecular weight is 307 g/mol. The summed E-state index contributed by atoms with van der Waals surface area (Å²) in [5.74, 6) is 1.03. The molecule has 1 saturated heterocycles. The topological polar surface area (TPSA) is 44.4 Å². The number of nitrogens with zero attached hydrogens (tertiary/aromatic N) is 1. The third-order valence-corrected chi connectivity index (χ3v) is 4.76. The second kappa shape index (κ2) is 7.82. The summed E-state index contributed by atoms with van der Waals surface area (Å²) < 4.78 is 0. The molecule has 0 spiro atoms. The van der Waals surface area contributed by atoms with Gasteiger partial charge < -0.3 is 10.6 Å². The zero-order chi connectivity index (χ0) is 15.1. The molecule has 116 valence electrons. The predicted octanol–water partition coefficient (Wildman–Crippen LogP) is 1.58. The summed E-state index contributed by atoms with van der Waals surface area (Å²) in [5, 5.41) is 6.39. The van der Waals surface area contributed by atoms with Gasteiger partial charge in [-0.05, 0) is 26.0 Å². The Labute approximate surface area is 131 Å². The molecule has 0 radical (unpaired) electrons. The SMILES string of the molecule is CC1(C)CNCCN1CC(=O)NCCSc1ccccc1. The smallest absolute Gasteiger partial charge is 0.234 e. The summed E-state index contributed by atoms with van der Waals surface area (Å²) in [6, 6.07) is 10.3. The molecule has 5 heteroatoms. The first-order valence-corrected chi connectivity index (χ1v) is 8.47. The number of rotatable bonds is 6. The molecule has 4 nitrogen and oxygen atoms in total. The van der Waals surface area contributed by atoms with Crippen LogP contribution in [0.15, 0.2) is 35.2 Å².